The van der Waals surface area contributed by atoms with E-state index in [1.807, 2.05) is 0 Å². The molecule has 0 aliphatic heterocycles. The zero-order valence-corrected chi connectivity index (χ0v) is 37.6. The Bertz CT molecular complexity index is 1270. The Kier molecular flexibility index (Phi) is 15.5. The summed E-state index contributed by atoms with van der Waals surface area (Å²) in [5.41, 5.74) is 5.32. The average Bonchev–Trinajstić information content (AvgIpc) is 3.38. The average molecular weight is 743 g/mol. The summed E-state index contributed by atoms with van der Waals surface area (Å²) in [6.07, 6.45) is 19.7. The Balaban J connectivity index is 1.78. The molecule has 0 spiro atoms. The summed E-state index contributed by atoms with van der Waals surface area (Å²) in [7, 11) is -3.99. The number of ether oxygens (including phenoxy) is 2. The van der Waals surface area contributed by atoms with Gasteiger partial charge in [-0.2, -0.15) is 0 Å². The highest BCUT2D eigenvalue weighted by Gasteiger charge is 2.47. The summed E-state index contributed by atoms with van der Waals surface area (Å²) in [6.45, 7) is 37.0. The number of hydrogen-bond donors (Lipinski definition) is 0. The standard InChI is InChI=1S/C44H78O5Si2/c1-16-18-22-36(23-19-17-2)47-41(45)31-46-33(4)38-26-27-39-34(21-20-28-44(38,39)11)24-25-35-29-37(48-50(12,13)42(5,6)7)30-40(32(35)3)49-51(14,15)43(8,9)10/h24-26,33,36-37,39-40H,3,16-23,27-31H2,1-2,4-15H3/t33-,37+,39-,40-,44+/m0/s1. The van der Waals surface area contributed by atoms with Crippen LogP contribution in [0.1, 0.15) is 146 Å². The molecule has 0 heterocycles. The van der Waals surface area contributed by atoms with Crippen LogP contribution in [0.4, 0.5) is 0 Å². The SMILES string of the molecule is C=C1C(=CC=C2CCC[C@]3(C)C([C@H](C)OCC(=O)OC(CCCC)CCCC)=CC[C@@H]23)C[C@@H](O[Si](C)(C)C(C)(C)C)C[C@@H]1O[Si](C)(C)C(C)(C)C. The number of allylic oxidation sites excluding steroid dienone is 4. The molecule has 2 fully saturated rings. The predicted molar refractivity (Wildman–Crippen MR) is 221 cm³/mol. The molecule has 2 saturated carbocycles. The van der Waals surface area contributed by atoms with E-state index in [-0.39, 0.29) is 52.5 Å². The predicted octanol–water partition coefficient (Wildman–Crippen LogP) is 12.8. The molecule has 3 aliphatic rings. The van der Waals surface area contributed by atoms with Crippen molar-refractivity contribution in [1.82, 2.24) is 0 Å². The van der Waals surface area contributed by atoms with Gasteiger partial charge in [-0.3, -0.25) is 0 Å². The molecule has 0 unspecified atom stereocenters. The number of esters is 1. The van der Waals surface area contributed by atoms with E-state index < -0.39 is 16.6 Å². The van der Waals surface area contributed by atoms with Crippen molar-refractivity contribution in [3.8, 4) is 0 Å². The van der Waals surface area contributed by atoms with Gasteiger partial charge < -0.3 is 18.3 Å². The van der Waals surface area contributed by atoms with Crippen LogP contribution in [-0.2, 0) is 23.1 Å². The molecular weight excluding hydrogens is 665 g/mol. The first-order valence-corrected chi connectivity index (χ1v) is 26.3. The molecule has 0 aromatic rings. The van der Waals surface area contributed by atoms with E-state index >= 15 is 0 Å². The van der Waals surface area contributed by atoms with Crippen LogP contribution in [0, 0.1) is 11.3 Å². The van der Waals surface area contributed by atoms with Gasteiger partial charge in [0, 0.05) is 6.42 Å². The Morgan fingerprint density at radius 1 is 0.980 bits per heavy atom. The fraction of sp³-hybridized carbons (Fsp3) is 0.795. The largest absolute Gasteiger partial charge is 0.461 e. The first-order chi connectivity index (χ1) is 23.6. The van der Waals surface area contributed by atoms with Crippen molar-refractivity contribution in [2.75, 3.05) is 6.61 Å². The van der Waals surface area contributed by atoms with Gasteiger partial charge in [0.2, 0.25) is 0 Å². The smallest absolute Gasteiger partial charge is 0.332 e. The van der Waals surface area contributed by atoms with Crippen LogP contribution < -0.4 is 0 Å². The molecule has 5 atom stereocenters. The number of hydrogen-bond acceptors (Lipinski definition) is 5. The molecule has 51 heavy (non-hydrogen) atoms. The van der Waals surface area contributed by atoms with Crippen molar-refractivity contribution in [3.63, 3.8) is 0 Å². The van der Waals surface area contributed by atoms with Crippen molar-refractivity contribution < 1.29 is 23.1 Å². The molecule has 292 valence electrons. The monoisotopic (exact) mass is 743 g/mol. The molecular formula is C44H78O5Si2. The van der Waals surface area contributed by atoms with Gasteiger partial charge in [0.05, 0.1) is 18.3 Å². The van der Waals surface area contributed by atoms with Gasteiger partial charge in [-0.05, 0) is 116 Å². The number of carbonyl (C=O) groups is 1. The topological polar surface area (TPSA) is 54.0 Å². The van der Waals surface area contributed by atoms with E-state index in [1.54, 1.807) is 0 Å². The highest BCUT2D eigenvalue weighted by Crippen LogP contribution is 2.56. The number of rotatable bonds is 16. The normalized spacial score (nSPS) is 27.2. The van der Waals surface area contributed by atoms with Crippen LogP contribution in [0.2, 0.25) is 36.3 Å². The number of fused-ring (bicyclic) bond motifs is 1. The van der Waals surface area contributed by atoms with Gasteiger partial charge in [0.25, 0.3) is 0 Å². The fourth-order valence-corrected chi connectivity index (χ4v) is 10.5. The third-order valence-electron chi connectivity index (χ3n) is 13.3. The van der Waals surface area contributed by atoms with E-state index in [4.69, 9.17) is 18.3 Å². The lowest BCUT2D eigenvalue weighted by molar-refractivity contribution is -0.156. The van der Waals surface area contributed by atoms with Crippen LogP contribution in [-0.4, -0.2) is 53.6 Å². The Morgan fingerprint density at radius 3 is 2.14 bits per heavy atom. The molecule has 0 bridgehead atoms. The van der Waals surface area contributed by atoms with E-state index in [0.717, 1.165) is 82.6 Å². The van der Waals surface area contributed by atoms with Gasteiger partial charge in [0.15, 0.2) is 16.6 Å². The number of carbonyl (C=O) groups excluding carboxylic acids is 1. The third kappa shape index (κ3) is 11.4. The van der Waals surface area contributed by atoms with Gasteiger partial charge in [-0.15, -0.1) is 0 Å². The lowest BCUT2D eigenvalue weighted by Gasteiger charge is -2.45. The molecule has 0 N–H and O–H groups in total. The minimum atomic E-state index is -2.02. The van der Waals surface area contributed by atoms with Gasteiger partial charge in [-0.1, -0.05) is 118 Å². The maximum Gasteiger partial charge on any atom is 0.332 e. The summed E-state index contributed by atoms with van der Waals surface area (Å²) in [6, 6.07) is 0. The molecule has 5 nitrogen and oxygen atoms in total. The molecule has 0 amide bonds. The molecule has 0 saturated heterocycles. The van der Waals surface area contributed by atoms with Crippen molar-refractivity contribution in [2.45, 2.75) is 207 Å². The Hall–Kier alpha value is -1.26. The summed E-state index contributed by atoms with van der Waals surface area (Å²) in [5.74, 6) is 0.216. The second kappa shape index (κ2) is 17.9. The van der Waals surface area contributed by atoms with Crippen LogP contribution in [0.25, 0.3) is 0 Å². The second-order valence-electron chi connectivity index (χ2n) is 19.3. The Morgan fingerprint density at radius 2 is 1.57 bits per heavy atom. The quantitative estimate of drug-likeness (QED) is 0.0895. The Labute approximate surface area is 316 Å². The highest BCUT2D eigenvalue weighted by molar-refractivity contribution is 6.74. The molecule has 7 heteroatoms. The van der Waals surface area contributed by atoms with Crippen LogP contribution in [0.5, 0.6) is 0 Å². The fourth-order valence-electron chi connectivity index (χ4n) is 7.88. The van der Waals surface area contributed by atoms with Crippen molar-refractivity contribution in [1.29, 1.82) is 0 Å². The third-order valence-corrected chi connectivity index (χ3v) is 22.3. The summed E-state index contributed by atoms with van der Waals surface area (Å²) in [5, 5.41) is 0.272. The highest BCUT2D eigenvalue weighted by atomic mass is 28.4. The number of unbranched alkanes of at least 4 members (excludes halogenated alkanes) is 2. The van der Waals surface area contributed by atoms with Gasteiger partial charge in [-0.25, -0.2) is 4.79 Å². The summed E-state index contributed by atoms with van der Waals surface area (Å²) >= 11 is 0. The zero-order chi connectivity index (χ0) is 38.4. The minimum absolute atomic E-state index is 0.00657. The summed E-state index contributed by atoms with van der Waals surface area (Å²) < 4.78 is 26.3. The van der Waals surface area contributed by atoms with Crippen molar-refractivity contribution >= 4 is 22.6 Å². The van der Waals surface area contributed by atoms with E-state index in [9.17, 15) is 4.79 Å². The maximum atomic E-state index is 12.9. The van der Waals surface area contributed by atoms with E-state index in [1.165, 1.54) is 16.7 Å². The molecule has 3 rings (SSSR count). The second-order valence-corrected chi connectivity index (χ2v) is 28.8. The van der Waals surface area contributed by atoms with Crippen LogP contribution in [0.3, 0.4) is 0 Å². The minimum Gasteiger partial charge on any atom is -0.461 e. The lowest BCUT2D eigenvalue weighted by atomic mass is 9.63. The van der Waals surface area contributed by atoms with Crippen molar-refractivity contribution in [2.24, 2.45) is 11.3 Å². The maximum absolute atomic E-state index is 12.9. The molecule has 3 aliphatic carbocycles. The summed E-state index contributed by atoms with van der Waals surface area (Å²) in [4.78, 5) is 12.9. The van der Waals surface area contributed by atoms with Crippen LogP contribution in [0.15, 0.2) is 47.1 Å². The molecule has 0 radical (unpaired) electrons. The first-order valence-electron chi connectivity index (χ1n) is 20.5. The molecule has 0 aromatic carbocycles. The zero-order valence-electron chi connectivity index (χ0n) is 35.6. The van der Waals surface area contributed by atoms with Gasteiger partial charge >= 0.3 is 5.97 Å². The van der Waals surface area contributed by atoms with Crippen molar-refractivity contribution in [3.05, 3.63) is 47.1 Å². The van der Waals surface area contributed by atoms with E-state index in [0.29, 0.717) is 5.92 Å². The van der Waals surface area contributed by atoms with Gasteiger partial charge in [0.1, 0.15) is 12.7 Å². The van der Waals surface area contributed by atoms with E-state index in [2.05, 4.69) is 120 Å². The first kappa shape index (κ1) is 44.1. The lowest BCUT2D eigenvalue weighted by Crippen LogP contribution is -2.49. The molecule has 0 aromatic heterocycles. The van der Waals surface area contributed by atoms with Crippen LogP contribution >= 0.6 is 0 Å².